The van der Waals surface area contributed by atoms with Gasteiger partial charge in [0.15, 0.2) is 0 Å². The number of hydrogen-bond donors (Lipinski definition) is 1. The summed E-state index contributed by atoms with van der Waals surface area (Å²) < 4.78 is 4.60. The molecule has 1 amide bonds. The van der Waals surface area contributed by atoms with Crippen LogP contribution in [0.5, 0.6) is 0 Å². The number of ether oxygens (including phenoxy) is 1. The molecule has 1 aromatic rings. The first-order valence-electron chi connectivity index (χ1n) is 11.7. The molecule has 0 saturated carbocycles. The number of esters is 1. The molecule has 33 heavy (non-hydrogen) atoms. The molecule has 0 spiro atoms. The molecule has 7 heteroatoms. The maximum absolute atomic E-state index is 13.5. The number of β-lactam (4-membered cyclic amide) rings is 1. The van der Waals surface area contributed by atoms with Crippen LogP contribution in [0.3, 0.4) is 0 Å². The van der Waals surface area contributed by atoms with Crippen LogP contribution in [-0.2, 0) is 20.7 Å². The summed E-state index contributed by atoms with van der Waals surface area (Å²) in [5, 5.41) is 11.4. The number of aliphatic hydroxyl groups excluding tert-OH is 1. The van der Waals surface area contributed by atoms with Gasteiger partial charge in [-0.15, -0.1) is 11.8 Å². The van der Waals surface area contributed by atoms with Gasteiger partial charge in [-0.2, -0.15) is 0 Å². The second-order valence-electron chi connectivity index (χ2n) is 9.96. The molecular formula is C26H32N2O4S. The number of carbonyl (C=O) groups excluding carboxylic acids is 2. The number of likely N-dealkylation sites (tertiary alicyclic amines) is 1. The fourth-order valence-electron chi connectivity index (χ4n) is 6.00. The highest BCUT2D eigenvalue weighted by molar-refractivity contribution is 8.01. The van der Waals surface area contributed by atoms with Crippen LogP contribution in [0.25, 0.3) is 0 Å². The number of carbonyl (C=O) groups is 2. The molecule has 3 fully saturated rings. The topological polar surface area (TPSA) is 70.1 Å². The third kappa shape index (κ3) is 3.74. The third-order valence-corrected chi connectivity index (χ3v) is 9.06. The van der Waals surface area contributed by atoms with Crippen LogP contribution < -0.4 is 0 Å². The van der Waals surface area contributed by atoms with Crippen molar-refractivity contribution in [3.8, 4) is 0 Å². The molecule has 0 aromatic heterocycles. The van der Waals surface area contributed by atoms with Gasteiger partial charge >= 0.3 is 5.97 Å². The van der Waals surface area contributed by atoms with E-state index in [0.29, 0.717) is 13.0 Å². The van der Waals surface area contributed by atoms with E-state index in [4.69, 9.17) is 4.74 Å². The minimum Gasteiger partial charge on any atom is -0.467 e. The van der Waals surface area contributed by atoms with Gasteiger partial charge in [0.05, 0.1) is 13.2 Å². The molecule has 5 rings (SSSR count). The van der Waals surface area contributed by atoms with Crippen molar-refractivity contribution in [3.63, 3.8) is 0 Å². The Bertz CT molecular complexity index is 991. The van der Waals surface area contributed by atoms with Crippen LogP contribution in [-0.4, -0.2) is 74.8 Å². The smallest absolute Gasteiger partial charge is 0.330 e. The summed E-state index contributed by atoms with van der Waals surface area (Å²) in [6.45, 7) is 4.68. The fraction of sp³-hybridized carbons (Fsp3) is 0.538. The molecule has 176 valence electrons. The lowest BCUT2D eigenvalue weighted by Crippen LogP contribution is -2.72. The van der Waals surface area contributed by atoms with E-state index >= 15 is 0 Å². The highest BCUT2D eigenvalue weighted by atomic mass is 32.2. The third-order valence-electron chi connectivity index (χ3n) is 7.50. The van der Waals surface area contributed by atoms with Crippen molar-refractivity contribution >= 4 is 23.6 Å². The van der Waals surface area contributed by atoms with E-state index in [2.05, 4.69) is 23.1 Å². The van der Waals surface area contributed by atoms with Gasteiger partial charge in [0.25, 0.3) is 0 Å². The van der Waals surface area contributed by atoms with Crippen molar-refractivity contribution in [2.75, 3.05) is 13.7 Å². The molecule has 6 nitrogen and oxygen atoms in total. The Hall–Kier alpha value is -2.09. The monoisotopic (exact) mass is 468 g/mol. The first kappa shape index (κ1) is 22.7. The van der Waals surface area contributed by atoms with Gasteiger partial charge in [-0.1, -0.05) is 54.1 Å². The number of methoxy groups -OCH3 is 1. The predicted molar refractivity (Wildman–Crippen MR) is 128 cm³/mol. The van der Waals surface area contributed by atoms with Crippen LogP contribution in [0.2, 0.25) is 0 Å². The number of thioether (sulfide) groups is 1. The van der Waals surface area contributed by atoms with E-state index < -0.39 is 16.9 Å². The van der Waals surface area contributed by atoms with E-state index in [1.54, 1.807) is 16.7 Å². The maximum atomic E-state index is 13.5. The zero-order chi connectivity index (χ0) is 23.3. The fourth-order valence-corrected chi connectivity index (χ4v) is 7.71. The van der Waals surface area contributed by atoms with Crippen molar-refractivity contribution in [1.29, 1.82) is 0 Å². The highest BCUT2D eigenvalue weighted by Gasteiger charge is 2.67. The number of hydrogen-bond acceptors (Lipinski definition) is 6. The maximum Gasteiger partial charge on any atom is 0.330 e. The summed E-state index contributed by atoms with van der Waals surface area (Å²) in [6.07, 6.45) is 8.64. The van der Waals surface area contributed by atoms with Crippen LogP contribution in [0.15, 0.2) is 54.1 Å². The number of nitrogens with zero attached hydrogens (tertiary/aromatic N) is 2. The molecular weight excluding hydrogens is 436 g/mol. The molecule has 1 aliphatic carbocycles. The molecule has 0 unspecified atom stereocenters. The van der Waals surface area contributed by atoms with Gasteiger partial charge in [-0.05, 0) is 38.7 Å². The zero-order valence-corrected chi connectivity index (χ0v) is 20.2. The molecule has 0 radical (unpaired) electrons. The SMILES string of the molecule is COC(=O)[C@@H]1N2C(=O)[C@@H](N3CC4=CCCC=C[C@H]4[C@@H]3[C@@H](O)Cc3ccccc3)[C@H]2SC1(C)C. The average Bonchev–Trinajstić information content (AvgIpc) is 3.14. The first-order valence-corrected chi connectivity index (χ1v) is 12.6. The van der Waals surface area contributed by atoms with Crippen molar-refractivity contribution in [1.82, 2.24) is 9.80 Å². The molecule has 4 aliphatic rings. The number of fused-ring (bicyclic) bond motifs is 2. The van der Waals surface area contributed by atoms with E-state index in [1.807, 2.05) is 44.2 Å². The molecule has 6 atom stereocenters. The van der Waals surface area contributed by atoms with Crippen molar-refractivity contribution in [2.45, 2.75) is 67.5 Å². The summed E-state index contributed by atoms with van der Waals surface area (Å²) in [5.74, 6) is -0.296. The number of aliphatic hydroxyl groups is 1. The predicted octanol–water partition coefficient (Wildman–Crippen LogP) is 2.77. The largest absolute Gasteiger partial charge is 0.467 e. The summed E-state index contributed by atoms with van der Waals surface area (Å²) in [4.78, 5) is 29.9. The summed E-state index contributed by atoms with van der Waals surface area (Å²) in [7, 11) is 1.38. The second-order valence-corrected chi connectivity index (χ2v) is 11.7. The van der Waals surface area contributed by atoms with Gasteiger partial charge in [0.1, 0.15) is 17.5 Å². The normalized spacial score (nSPS) is 33.6. The van der Waals surface area contributed by atoms with Crippen LogP contribution >= 0.6 is 11.8 Å². The Morgan fingerprint density at radius 3 is 2.76 bits per heavy atom. The molecule has 1 N–H and O–H groups in total. The van der Waals surface area contributed by atoms with E-state index in [0.717, 1.165) is 18.4 Å². The van der Waals surface area contributed by atoms with Crippen LogP contribution in [0.1, 0.15) is 32.3 Å². The number of allylic oxidation sites excluding steroid dienone is 2. The second kappa shape index (κ2) is 8.60. The van der Waals surface area contributed by atoms with E-state index in [9.17, 15) is 14.7 Å². The Balaban J connectivity index is 1.45. The minimum atomic E-state index is -0.608. The van der Waals surface area contributed by atoms with Crippen molar-refractivity contribution in [3.05, 3.63) is 59.7 Å². The first-order chi connectivity index (χ1) is 15.8. The van der Waals surface area contributed by atoms with Crippen LogP contribution in [0, 0.1) is 5.92 Å². The molecule has 3 saturated heterocycles. The lowest BCUT2D eigenvalue weighted by Gasteiger charge is -2.49. The molecule has 3 aliphatic heterocycles. The van der Waals surface area contributed by atoms with Crippen LogP contribution in [0.4, 0.5) is 0 Å². The molecule has 0 bridgehead atoms. The van der Waals surface area contributed by atoms with Gasteiger partial charge in [-0.3, -0.25) is 9.69 Å². The lowest BCUT2D eigenvalue weighted by molar-refractivity contribution is -0.168. The van der Waals surface area contributed by atoms with Gasteiger partial charge in [0, 0.05) is 23.3 Å². The van der Waals surface area contributed by atoms with Gasteiger partial charge < -0.3 is 14.7 Å². The van der Waals surface area contributed by atoms with Gasteiger partial charge in [0.2, 0.25) is 5.91 Å². The van der Waals surface area contributed by atoms with E-state index in [-0.39, 0.29) is 35.3 Å². The minimum absolute atomic E-state index is 0.0357. The van der Waals surface area contributed by atoms with Gasteiger partial charge in [-0.25, -0.2) is 4.79 Å². The number of rotatable bonds is 5. The Labute approximate surface area is 199 Å². The Morgan fingerprint density at radius 2 is 2.03 bits per heavy atom. The van der Waals surface area contributed by atoms with E-state index in [1.165, 1.54) is 12.7 Å². The molecule has 1 aromatic carbocycles. The summed E-state index contributed by atoms with van der Waals surface area (Å²) >= 11 is 1.67. The number of benzene rings is 1. The van der Waals surface area contributed by atoms with Crippen molar-refractivity contribution in [2.24, 2.45) is 5.92 Å². The summed E-state index contributed by atoms with van der Waals surface area (Å²) in [6, 6.07) is 8.92. The Kier molecular flexibility index (Phi) is 5.91. The number of amides is 1. The highest BCUT2D eigenvalue weighted by Crippen LogP contribution is 2.54. The average molecular weight is 469 g/mol. The van der Waals surface area contributed by atoms with Crippen molar-refractivity contribution < 1.29 is 19.4 Å². The zero-order valence-electron chi connectivity index (χ0n) is 19.4. The lowest BCUT2D eigenvalue weighted by atomic mass is 9.88. The summed E-state index contributed by atoms with van der Waals surface area (Å²) in [5.41, 5.74) is 2.38. The quantitative estimate of drug-likeness (QED) is 0.407. The standard InChI is InChI=1S/C26H32N2O4S/c1-26(2)22(25(31)32-3)28-23(30)21(24(28)33-26)27-15-17-12-8-5-9-13-18(17)20(27)19(29)14-16-10-6-4-7-11-16/h4,6-7,9-13,18-22,24,29H,5,8,14-15H2,1-3H3/t18-,19+,20-,21-,22+,24-/m1/s1. The Morgan fingerprint density at radius 1 is 1.27 bits per heavy atom. The molecule has 3 heterocycles.